The highest BCUT2D eigenvalue weighted by Gasteiger charge is 2.32. The molecule has 0 saturated carbocycles. The highest BCUT2D eigenvalue weighted by molar-refractivity contribution is 5.21. The first-order chi connectivity index (χ1) is 9.61. The molecule has 0 bridgehead atoms. The fraction of sp³-hybridized carbons (Fsp3) is 0.429. The molecule has 1 aliphatic heterocycles. The van der Waals surface area contributed by atoms with Gasteiger partial charge in [0.05, 0.1) is 12.6 Å². The van der Waals surface area contributed by atoms with E-state index >= 15 is 0 Å². The van der Waals surface area contributed by atoms with Crippen molar-refractivity contribution in [2.45, 2.75) is 32.0 Å². The second-order valence-corrected chi connectivity index (χ2v) is 5.12. The van der Waals surface area contributed by atoms with Crippen LogP contribution in [0.1, 0.15) is 29.7 Å². The van der Waals surface area contributed by atoms with Crippen LogP contribution in [0.3, 0.4) is 0 Å². The minimum absolute atomic E-state index is 0.0282. The first kappa shape index (κ1) is 13.2. The van der Waals surface area contributed by atoms with E-state index in [1.807, 2.05) is 11.0 Å². The van der Waals surface area contributed by atoms with Crippen LogP contribution < -0.4 is 0 Å². The number of aliphatic hydroxyl groups excluding tert-OH is 1. The van der Waals surface area contributed by atoms with E-state index in [1.165, 1.54) is 12.1 Å². The molecule has 6 heteroatoms. The third kappa shape index (κ3) is 2.71. The quantitative estimate of drug-likeness (QED) is 0.927. The number of benzene rings is 1. The van der Waals surface area contributed by atoms with E-state index in [0.29, 0.717) is 31.2 Å². The predicted octanol–water partition coefficient (Wildman–Crippen LogP) is 1.83. The Morgan fingerprint density at radius 3 is 3.05 bits per heavy atom. The summed E-state index contributed by atoms with van der Waals surface area (Å²) in [5.41, 5.74) is 0.863. The third-order valence-electron chi connectivity index (χ3n) is 3.53. The molecule has 1 aromatic heterocycles. The third-order valence-corrected chi connectivity index (χ3v) is 3.53. The molecule has 1 fully saturated rings. The van der Waals surface area contributed by atoms with E-state index in [0.717, 1.165) is 5.56 Å². The van der Waals surface area contributed by atoms with Crippen LogP contribution in [-0.4, -0.2) is 32.8 Å². The van der Waals surface area contributed by atoms with Gasteiger partial charge in [0.2, 0.25) is 5.89 Å². The minimum Gasteiger partial charge on any atom is -0.392 e. The zero-order valence-corrected chi connectivity index (χ0v) is 11.2. The fourth-order valence-corrected chi connectivity index (χ4v) is 2.70. The summed E-state index contributed by atoms with van der Waals surface area (Å²) >= 11 is 0. The Bertz CT molecular complexity index is 602. The molecule has 20 heavy (non-hydrogen) atoms. The Labute approximate surface area is 116 Å². The summed E-state index contributed by atoms with van der Waals surface area (Å²) in [7, 11) is 0. The number of hydrogen-bond donors (Lipinski definition) is 1. The van der Waals surface area contributed by atoms with Crippen molar-refractivity contribution >= 4 is 0 Å². The number of β-amino-alcohol motifs (C(OH)–C–C–N with tert-alkyl or cyclic N) is 1. The van der Waals surface area contributed by atoms with Crippen molar-refractivity contribution in [2.24, 2.45) is 0 Å². The van der Waals surface area contributed by atoms with Crippen molar-refractivity contribution in [3.8, 4) is 0 Å². The fourth-order valence-electron chi connectivity index (χ4n) is 2.70. The summed E-state index contributed by atoms with van der Waals surface area (Å²) in [5, 5.41) is 13.8. The molecule has 1 N–H and O–H groups in total. The predicted molar refractivity (Wildman–Crippen MR) is 69.2 cm³/mol. The van der Waals surface area contributed by atoms with Crippen LogP contribution in [0.15, 0.2) is 28.8 Å². The monoisotopic (exact) mass is 277 g/mol. The van der Waals surface area contributed by atoms with Crippen LogP contribution in [0.2, 0.25) is 0 Å². The van der Waals surface area contributed by atoms with E-state index in [9.17, 15) is 9.50 Å². The molecule has 1 saturated heterocycles. The Morgan fingerprint density at radius 1 is 1.50 bits per heavy atom. The molecule has 1 aromatic carbocycles. The Hall–Kier alpha value is -1.79. The van der Waals surface area contributed by atoms with Gasteiger partial charge in [-0.25, -0.2) is 4.39 Å². The van der Waals surface area contributed by atoms with Gasteiger partial charge in [-0.2, -0.15) is 4.98 Å². The number of aryl methyl sites for hydroxylation is 1. The topological polar surface area (TPSA) is 62.4 Å². The van der Waals surface area contributed by atoms with E-state index in [4.69, 9.17) is 4.52 Å². The van der Waals surface area contributed by atoms with Gasteiger partial charge in [0.1, 0.15) is 5.82 Å². The van der Waals surface area contributed by atoms with Gasteiger partial charge in [-0.05, 0) is 24.1 Å². The van der Waals surface area contributed by atoms with Crippen LogP contribution in [0.4, 0.5) is 4.39 Å². The minimum atomic E-state index is -0.420. The molecular formula is C14H16FN3O2. The number of nitrogens with zero attached hydrogens (tertiary/aromatic N) is 3. The Kier molecular flexibility index (Phi) is 3.50. The maximum atomic E-state index is 13.4. The Morgan fingerprint density at radius 2 is 2.35 bits per heavy atom. The van der Waals surface area contributed by atoms with Crippen LogP contribution >= 0.6 is 0 Å². The largest absolute Gasteiger partial charge is 0.392 e. The van der Waals surface area contributed by atoms with Gasteiger partial charge in [-0.15, -0.1) is 0 Å². The molecule has 0 aliphatic carbocycles. The zero-order chi connectivity index (χ0) is 14.1. The van der Waals surface area contributed by atoms with Crippen LogP contribution in [0.5, 0.6) is 0 Å². The number of halogens is 1. The molecule has 0 amide bonds. The molecule has 106 valence electrons. The highest BCUT2D eigenvalue weighted by Crippen LogP contribution is 2.33. The van der Waals surface area contributed by atoms with Gasteiger partial charge in [0.25, 0.3) is 0 Å². The number of likely N-dealkylation sites (tertiary alicyclic amines) is 1. The summed E-state index contributed by atoms with van der Waals surface area (Å²) in [5.74, 6) is 0.833. The summed E-state index contributed by atoms with van der Waals surface area (Å²) in [4.78, 5) is 6.22. The van der Waals surface area contributed by atoms with E-state index in [-0.39, 0.29) is 11.9 Å². The standard InChI is InChI=1S/C14H16FN3O2/c1-9-16-14(17-20-9)8-18-7-12(19)6-13(18)10-3-2-4-11(15)5-10/h2-5,12-13,19H,6-8H2,1H3/t12-,13-/m0/s1. The molecule has 0 unspecified atom stereocenters. The molecular weight excluding hydrogens is 261 g/mol. The molecule has 5 nitrogen and oxygen atoms in total. The average molecular weight is 277 g/mol. The molecule has 1 aliphatic rings. The van der Waals surface area contributed by atoms with Crippen molar-refractivity contribution in [1.82, 2.24) is 15.0 Å². The molecule has 2 heterocycles. The molecule has 3 rings (SSSR count). The van der Waals surface area contributed by atoms with Crippen molar-refractivity contribution < 1.29 is 14.0 Å². The second-order valence-electron chi connectivity index (χ2n) is 5.12. The molecule has 2 atom stereocenters. The lowest BCUT2D eigenvalue weighted by Crippen LogP contribution is -2.25. The lowest BCUT2D eigenvalue weighted by Gasteiger charge is -2.22. The summed E-state index contributed by atoms with van der Waals surface area (Å²) in [6, 6.07) is 6.46. The van der Waals surface area contributed by atoms with Gasteiger partial charge < -0.3 is 9.63 Å². The zero-order valence-electron chi connectivity index (χ0n) is 11.2. The summed E-state index contributed by atoms with van der Waals surface area (Å²) < 4.78 is 18.3. The lowest BCUT2D eigenvalue weighted by molar-refractivity contribution is 0.170. The van der Waals surface area contributed by atoms with Crippen molar-refractivity contribution in [3.63, 3.8) is 0 Å². The SMILES string of the molecule is Cc1nc(CN2C[C@@H](O)C[C@H]2c2cccc(F)c2)no1. The van der Waals surface area contributed by atoms with Crippen molar-refractivity contribution in [1.29, 1.82) is 0 Å². The number of aromatic nitrogens is 2. The Balaban J connectivity index is 1.81. The summed E-state index contributed by atoms with van der Waals surface area (Å²) in [6.07, 6.45) is 0.163. The first-order valence-electron chi connectivity index (χ1n) is 6.58. The van der Waals surface area contributed by atoms with Crippen LogP contribution in [0.25, 0.3) is 0 Å². The van der Waals surface area contributed by atoms with Gasteiger partial charge in [-0.3, -0.25) is 4.90 Å². The lowest BCUT2D eigenvalue weighted by atomic mass is 10.0. The van der Waals surface area contributed by atoms with Crippen LogP contribution in [-0.2, 0) is 6.54 Å². The maximum Gasteiger partial charge on any atom is 0.223 e. The normalized spacial score (nSPS) is 23.4. The average Bonchev–Trinajstić information content (AvgIpc) is 2.96. The first-order valence-corrected chi connectivity index (χ1v) is 6.58. The highest BCUT2D eigenvalue weighted by atomic mass is 19.1. The molecule has 0 radical (unpaired) electrons. The molecule has 0 spiro atoms. The van der Waals surface area contributed by atoms with Gasteiger partial charge in [-0.1, -0.05) is 17.3 Å². The number of hydrogen-bond acceptors (Lipinski definition) is 5. The second kappa shape index (κ2) is 5.30. The van der Waals surface area contributed by atoms with Crippen molar-refractivity contribution in [3.05, 3.63) is 47.4 Å². The van der Waals surface area contributed by atoms with Gasteiger partial charge >= 0.3 is 0 Å². The van der Waals surface area contributed by atoms with E-state index < -0.39 is 6.10 Å². The van der Waals surface area contributed by atoms with Gasteiger partial charge in [0, 0.05) is 19.5 Å². The van der Waals surface area contributed by atoms with Gasteiger partial charge in [0.15, 0.2) is 5.82 Å². The van der Waals surface area contributed by atoms with Crippen molar-refractivity contribution in [2.75, 3.05) is 6.54 Å². The number of rotatable bonds is 3. The summed E-state index contributed by atoms with van der Waals surface area (Å²) in [6.45, 7) is 2.74. The van der Waals surface area contributed by atoms with E-state index in [2.05, 4.69) is 10.1 Å². The smallest absolute Gasteiger partial charge is 0.223 e. The number of aliphatic hydroxyl groups is 1. The van der Waals surface area contributed by atoms with E-state index in [1.54, 1.807) is 13.0 Å². The molecule has 2 aromatic rings. The maximum absolute atomic E-state index is 13.4. The van der Waals surface area contributed by atoms with Crippen LogP contribution in [0, 0.1) is 12.7 Å².